The highest BCUT2D eigenvalue weighted by atomic mass is 79.9. The summed E-state index contributed by atoms with van der Waals surface area (Å²) in [5.74, 6) is -1.03. The Balaban J connectivity index is 2.67. The van der Waals surface area contributed by atoms with Gasteiger partial charge in [0.25, 0.3) is 0 Å². The highest BCUT2D eigenvalue weighted by Crippen LogP contribution is 2.15. The van der Waals surface area contributed by atoms with E-state index < -0.39 is 6.04 Å². The Morgan fingerprint density at radius 3 is 2.50 bits per heavy atom. The lowest BCUT2D eigenvalue weighted by atomic mass is 10.0. The first kappa shape index (κ1) is 16.6. The van der Waals surface area contributed by atoms with Crippen molar-refractivity contribution < 1.29 is 14.0 Å². The maximum absolute atomic E-state index is 13.6. The summed E-state index contributed by atoms with van der Waals surface area (Å²) in [7, 11) is 0. The van der Waals surface area contributed by atoms with E-state index in [1.807, 2.05) is 13.8 Å². The molecule has 20 heavy (non-hydrogen) atoms. The number of rotatable bonds is 5. The van der Waals surface area contributed by atoms with Crippen LogP contribution in [0.15, 0.2) is 22.7 Å². The summed E-state index contributed by atoms with van der Waals surface area (Å²) in [5.41, 5.74) is 0.395. The average Bonchev–Trinajstić information content (AvgIpc) is 2.34. The minimum absolute atomic E-state index is 0.0475. The van der Waals surface area contributed by atoms with Gasteiger partial charge in [-0.15, -0.1) is 0 Å². The van der Waals surface area contributed by atoms with Gasteiger partial charge >= 0.3 is 0 Å². The molecule has 1 aromatic rings. The summed E-state index contributed by atoms with van der Waals surface area (Å²) < 4.78 is 14.3. The number of amides is 2. The Kier molecular flexibility index (Phi) is 6.13. The Bertz CT molecular complexity index is 506. The summed E-state index contributed by atoms with van der Waals surface area (Å²) in [6, 6.07) is 4.03. The van der Waals surface area contributed by atoms with Crippen molar-refractivity contribution in [1.82, 2.24) is 10.6 Å². The van der Waals surface area contributed by atoms with E-state index in [9.17, 15) is 14.0 Å². The quantitative estimate of drug-likeness (QED) is 0.861. The zero-order valence-electron chi connectivity index (χ0n) is 11.7. The van der Waals surface area contributed by atoms with Crippen molar-refractivity contribution >= 4 is 27.7 Å². The van der Waals surface area contributed by atoms with Crippen molar-refractivity contribution in [3.8, 4) is 0 Å². The molecule has 4 nitrogen and oxygen atoms in total. The number of hydrogen-bond acceptors (Lipinski definition) is 2. The first-order valence-corrected chi connectivity index (χ1v) is 7.09. The first-order valence-electron chi connectivity index (χ1n) is 6.30. The summed E-state index contributed by atoms with van der Waals surface area (Å²) in [4.78, 5) is 23.1. The highest BCUT2D eigenvalue weighted by molar-refractivity contribution is 9.10. The van der Waals surface area contributed by atoms with Crippen LogP contribution in [0.4, 0.5) is 4.39 Å². The molecule has 2 amide bonds. The van der Waals surface area contributed by atoms with E-state index in [1.165, 1.54) is 13.0 Å². The molecule has 0 radical (unpaired) electrons. The van der Waals surface area contributed by atoms with Gasteiger partial charge in [-0.25, -0.2) is 4.39 Å². The molecule has 1 atom stereocenters. The Hall–Kier alpha value is -1.43. The molecule has 1 unspecified atom stereocenters. The lowest BCUT2D eigenvalue weighted by molar-refractivity contribution is -0.129. The summed E-state index contributed by atoms with van der Waals surface area (Å²) in [5, 5.41) is 5.22. The van der Waals surface area contributed by atoms with E-state index >= 15 is 0 Å². The maximum Gasteiger partial charge on any atom is 0.243 e. The molecule has 0 fully saturated rings. The minimum atomic E-state index is -0.619. The number of nitrogens with one attached hydrogen (secondary N) is 2. The fraction of sp³-hybridized carbons (Fsp3) is 0.429. The molecule has 2 N–H and O–H groups in total. The molecule has 6 heteroatoms. The molecule has 0 aliphatic heterocycles. The van der Waals surface area contributed by atoms with Crippen molar-refractivity contribution in [3.05, 3.63) is 34.1 Å². The molecule has 110 valence electrons. The van der Waals surface area contributed by atoms with E-state index in [2.05, 4.69) is 26.6 Å². The third-order valence-electron chi connectivity index (χ3n) is 2.78. The molecular weight excluding hydrogens is 327 g/mol. The molecule has 1 aromatic carbocycles. The van der Waals surface area contributed by atoms with Gasteiger partial charge in [0.2, 0.25) is 11.8 Å². The van der Waals surface area contributed by atoms with Crippen LogP contribution in [-0.2, 0) is 16.1 Å². The lowest BCUT2D eigenvalue weighted by Gasteiger charge is -2.21. The van der Waals surface area contributed by atoms with Crippen LogP contribution >= 0.6 is 15.9 Å². The molecular formula is C14H18BrFN2O2. The zero-order chi connectivity index (χ0) is 15.3. The Morgan fingerprint density at radius 2 is 2.00 bits per heavy atom. The molecule has 0 aliphatic rings. The van der Waals surface area contributed by atoms with Gasteiger partial charge in [0.05, 0.1) is 0 Å². The molecule has 1 rings (SSSR count). The summed E-state index contributed by atoms with van der Waals surface area (Å²) in [6.07, 6.45) is 0. The fourth-order valence-electron chi connectivity index (χ4n) is 1.71. The third-order valence-corrected chi connectivity index (χ3v) is 3.27. The van der Waals surface area contributed by atoms with Crippen molar-refractivity contribution in [2.75, 3.05) is 0 Å². The second-order valence-corrected chi connectivity index (χ2v) is 5.79. The van der Waals surface area contributed by atoms with Crippen molar-refractivity contribution in [1.29, 1.82) is 0 Å². The maximum atomic E-state index is 13.6. The largest absolute Gasteiger partial charge is 0.350 e. The van der Waals surface area contributed by atoms with Crippen molar-refractivity contribution in [2.24, 2.45) is 5.92 Å². The predicted molar refractivity (Wildman–Crippen MR) is 78.4 cm³/mol. The SMILES string of the molecule is CC(=O)NC(C(=O)NCc1ccc(Br)cc1F)C(C)C. The second-order valence-electron chi connectivity index (χ2n) is 4.88. The van der Waals surface area contributed by atoms with E-state index in [0.717, 1.165) is 0 Å². The molecule has 0 saturated heterocycles. The predicted octanol–water partition coefficient (Wildman–Crippen LogP) is 2.37. The van der Waals surface area contributed by atoms with Gasteiger partial charge in [0.15, 0.2) is 0 Å². The van der Waals surface area contributed by atoms with E-state index in [4.69, 9.17) is 0 Å². The van der Waals surface area contributed by atoms with Crippen LogP contribution in [0.1, 0.15) is 26.3 Å². The van der Waals surface area contributed by atoms with Crippen LogP contribution < -0.4 is 10.6 Å². The van der Waals surface area contributed by atoms with Crippen LogP contribution in [0.25, 0.3) is 0 Å². The number of carbonyl (C=O) groups is 2. The van der Waals surface area contributed by atoms with Crippen LogP contribution in [0.5, 0.6) is 0 Å². The molecule has 0 saturated carbocycles. The standard InChI is InChI=1S/C14H18BrFN2O2/c1-8(2)13(18-9(3)19)14(20)17-7-10-4-5-11(15)6-12(10)16/h4-6,8,13H,7H2,1-3H3,(H,17,20)(H,18,19). The van der Waals surface area contributed by atoms with Gasteiger partial charge in [-0.1, -0.05) is 35.8 Å². The molecule has 0 spiro atoms. The summed E-state index contributed by atoms with van der Waals surface area (Å²) >= 11 is 3.17. The number of carbonyl (C=O) groups excluding carboxylic acids is 2. The van der Waals surface area contributed by atoms with Crippen LogP contribution in [-0.4, -0.2) is 17.9 Å². The van der Waals surface area contributed by atoms with Gasteiger partial charge < -0.3 is 10.6 Å². The zero-order valence-corrected chi connectivity index (χ0v) is 13.3. The minimum Gasteiger partial charge on any atom is -0.350 e. The highest BCUT2D eigenvalue weighted by Gasteiger charge is 2.22. The molecule has 0 aromatic heterocycles. The Morgan fingerprint density at radius 1 is 1.35 bits per heavy atom. The van der Waals surface area contributed by atoms with Gasteiger partial charge in [-0.05, 0) is 18.1 Å². The summed E-state index contributed by atoms with van der Waals surface area (Å²) in [6.45, 7) is 5.11. The van der Waals surface area contributed by atoms with E-state index in [1.54, 1.807) is 12.1 Å². The average molecular weight is 345 g/mol. The topological polar surface area (TPSA) is 58.2 Å². The second kappa shape index (κ2) is 7.38. The smallest absolute Gasteiger partial charge is 0.243 e. The van der Waals surface area contributed by atoms with Crippen LogP contribution in [0.2, 0.25) is 0 Å². The third kappa shape index (κ3) is 4.92. The van der Waals surface area contributed by atoms with Crippen LogP contribution in [0, 0.1) is 11.7 Å². The van der Waals surface area contributed by atoms with Crippen molar-refractivity contribution in [3.63, 3.8) is 0 Å². The van der Waals surface area contributed by atoms with Gasteiger partial charge in [0.1, 0.15) is 11.9 Å². The molecule has 0 heterocycles. The Labute approximate surface area is 126 Å². The van der Waals surface area contributed by atoms with Gasteiger partial charge in [-0.2, -0.15) is 0 Å². The normalized spacial score (nSPS) is 12.1. The number of hydrogen-bond donors (Lipinski definition) is 2. The monoisotopic (exact) mass is 344 g/mol. The fourth-order valence-corrected chi connectivity index (χ4v) is 2.04. The number of halogens is 2. The lowest BCUT2D eigenvalue weighted by Crippen LogP contribution is -2.48. The molecule has 0 aliphatic carbocycles. The molecule has 0 bridgehead atoms. The van der Waals surface area contributed by atoms with Gasteiger partial charge in [-0.3, -0.25) is 9.59 Å². The van der Waals surface area contributed by atoms with Crippen LogP contribution in [0.3, 0.4) is 0 Å². The first-order chi connectivity index (χ1) is 9.31. The van der Waals surface area contributed by atoms with Crippen molar-refractivity contribution in [2.45, 2.75) is 33.4 Å². The van der Waals surface area contributed by atoms with E-state index in [0.29, 0.717) is 10.0 Å². The van der Waals surface area contributed by atoms with E-state index in [-0.39, 0.29) is 30.1 Å². The number of benzene rings is 1. The van der Waals surface area contributed by atoms with Gasteiger partial charge in [0, 0.05) is 23.5 Å².